The number of carbonyl (C=O) groups is 1. The lowest BCUT2D eigenvalue weighted by molar-refractivity contribution is 0.210. The van der Waals surface area contributed by atoms with Gasteiger partial charge in [-0.3, -0.25) is 5.32 Å². The van der Waals surface area contributed by atoms with Gasteiger partial charge >= 0.3 is 6.09 Å². The molecular formula is C21H21NO5. The molecule has 2 N–H and O–H groups in total. The van der Waals surface area contributed by atoms with Crippen LogP contribution in [-0.2, 0) is 6.42 Å². The standard InChI is InChI=1S/C21H21NO5/c1-25-17-11-13(12-18(26-2)20(17)27-3)10-15-9-8-14-6-4-5-7-16(14)19(15)22-21(23)24/h4-9,11-12,22H,10H2,1-3H3,(H,23,24). The molecule has 0 heterocycles. The minimum atomic E-state index is -1.10. The van der Waals surface area contributed by atoms with Crippen LogP contribution in [0.2, 0.25) is 0 Å². The van der Waals surface area contributed by atoms with E-state index in [0.717, 1.165) is 21.9 Å². The SMILES string of the molecule is COc1cc(Cc2ccc3ccccc3c2NC(=O)O)cc(OC)c1OC. The molecule has 0 saturated heterocycles. The number of fused-ring (bicyclic) bond motifs is 1. The third-order valence-electron chi connectivity index (χ3n) is 4.37. The van der Waals surface area contributed by atoms with Crippen LogP contribution in [0.5, 0.6) is 17.2 Å². The molecule has 0 radical (unpaired) electrons. The van der Waals surface area contributed by atoms with Crippen molar-refractivity contribution < 1.29 is 24.1 Å². The maximum absolute atomic E-state index is 11.3. The molecule has 0 aliphatic carbocycles. The molecule has 27 heavy (non-hydrogen) atoms. The highest BCUT2D eigenvalue weighted by Crippen LogP contribution is 2.39. The molecule has 140 valence electrons. The highest BCUT2D eigenvalue weighted by molar-refractivity contribution is 6.01. The van der Waals surface area contributed by atoms with Gasteiger partial charge in [0.05, 0.1) is 27.0 Å². The van der Waals surface area contributed by atoms with Gasteiger partial charge in [0.1, 0.15) is 0 Å². The summed E-state index contributed by atoms with van der Waals surface area (Å²) in [5, 5.41) is 13.6. The summed E-state index contributed by atoms with van der Waals surface area (Å²) in [5.74, 6) is 1.63. The topological polar surface area (TPSA) is 77.0 Å². The van der Waals surface area contributed by atoms with Gasteiger partial charge in [0.25, 0.3) is 0 Å². The molecular weight excluding hydrogens is 346 g/mol. The van der Waals surface area contributed by atoms with E-state index in [1.165, 1.54) is 0 Å². The Morgan fingerprint density at radius 3 is 2.22 bits per heavy atom. The molecule has 6 nitrogen and oxygen atoms in total. The zero-order valence-corrected chi connectivity index (χ0v) is 15.4. The van der Waals surface area contributed by atoms with Gasteiger partial charge in [0.2, 0.25) is 5.75 Å². The zero-order chi connectivity index (χ0) is 19.4. The minimum absolute atomic E-state index is 0.497. The van der Waals surface area contributed by atoms with Gasteiger partial charge in [-0.2, -0.15) is 0 Å². The summed E-state index contributed by atoms with van der Waals surface area (Å²) in [6.45, 7) is 0. The Kier molecular flexibility index (Phi) is 5.35. The van der Waals surface area contributed by atoms with Gasteiger partial charge in [-0.1, -0.05) is 36.4 Å². The van der Waals surface area contributed by atoms with Crippen LogP contribution >= 0.6 is 0 Å². The van der Waals surface area contributed by atoms with E-state index in [1.807, 2.05) is 48.5 Å². The molecule has 3 aromatic carbocycles. The second kappa shape index (κ2) is 7.86. The number of anilines is 1. The van der Waals surface area contributed by atoms with Crippen LogP contribution in [-0.4, -0.2) is 32.5 Å². The molecule has 0 bridgehead atoms. The predicted octanol–water partition coefficient (Wildman–Crippen LogP) is 4.55. The Morgan fingerprint density at radius 1 is 0.963 bits per heavy atom. The number of rotatable bonds is 6. The van der Waals surface area contributed by atoms with Crippen molar-refractivity contribution in [1.82, 2.24) is 0 Å². The fraction of sp³-hybridized carbons (Fsp3) is 0.190. The Bertz CT molecular complexity index is 958. The largest absolute Gasteiger partial charge is 0.493 e. The van der Waals surface area contributed by atoms with Crippen molar-refractivity contribution in [2.45, 2.75) is 6.42 Å². The normalized spacial score (nSPS) is 10.5. The van der Waals surface area contributed by atoms with Crippen molar-refractivity contribution in [3.05, 3.63) is 59.7 Å². The lowest BCUT2D eigenvalue weighted by Gasteiger charge is -2.16. The molecule has 0 atom stereocenters. The first-order chi connectivity index (χ1) is 13.1. The van der Waals surface area contributed by atoms with Crippen molar-refractivity contribution in [2.24, 2.45) is 0 Å². The van der Waals surface area contributed by atoms with Crippen LogP contribution in [0.15, 0.2) is 48.5 Å². The number of amides is 1. The average molecular weight is 367 g/mol. The van der Waals surface area contributed by atoms with Gasteiger partial charge in [-0.15, -0.1) is 0 Å². The van der Waals surface area contributed by atoms with Crippen LogP contribution < -0.4 is 19.5 Å². The van der Waals surface area contributed by atoms with E-state index in [2.05, 4.69) is 5.32 Å². The first-order valence-corrected chi connectivity index (χ1v) is 8.36. The predicted molar refractivity (Wildman–Crippen MR) is 104 cm³/mol. The van der Waals surface area contributed by atoms with E-state index in [-0.39, 0.29) is 0 Å². The van der Waals surface area contributed by atoms with Crippen molar-refractivity contribution in [2.75, 3.05) is 26.6 Å². The molecule has 0 unspecified atom stereocenters. The Hall–Kier alpha value is -3.41. The number of ether oxygens (including phenoxy) is 3. The summed E-state index contributed by atoms with van der Waals surface area (Å²) in [4.78, 5) is 11.3. The summed E-state index contributed by atoms with van der Waals surface area (Å²) in [6.07, 6.45) is -0.602. The molecule has 0 spiro atoms. The van der Waals surface area contributed by atoms with E-state index in [4.69, 9.17) is 14.2 Å². The van der Waals surface area contributed by atoms with Crippen molar-refractivity contribution in [3.8, 4) is 17.2 Å². The van der Waals surface area contributed by atoms with Crippen molar-refractivity contribution in [3.63, 3.8) is 0 Å². The molecule has 1 amide bonds. The summed E-state index contributed by atoms with van der Waals surface area (Å²) in [5.41, 5.74) is 2.34. The highest BCUT2D eigenvalue weighted by atomic mass is 16.5. The van der Waals surface area contributed by atoms with Crippen LogP contribution in [0, 0.1) is 0 Å². The Balaban J connectivity index is 2.10. The number of carboxylic acid groups (broad SMARTS) is 1. The van der Waals surface area contributed by atoms with Crippen LogP contribution in [0.25, 0.3) is 10.8 Å². The van der Waals surface area contributed by atoms with Crippen LogP contribution in [0.3, 0.4) is 0 Å². The fourth-order valence-corrected chi connectivity index (χ4v) is 3.18. The van der Waals surface area contributed by atoms with Crippen LogP contribution in [0.1, 0.15) is 11.1 Å². The lowest BCUT2D eigenvalue weighted by Crippen LogP contribution is -2.10. The fourth-order valence-electron chi connectivity index (χ4n) is 3.18. The second-order valence-corrected chi connectivity index (χ2v) is 5.96. The maximum atomic E-state index is 11.3. The van der Waals surface area contributed by atoms with Crippen molar-refractivity contribution in [1.29, 1.82) is 0 Å². The molecule has 0 aliphatic rings. The quantitative estimate of drug-likeness (QED) is 0.668. The molecule has 0 saturated carbocycles. The van der Waals surface area contributed by atoms with E-state index in [1.54, 1.807) is 21.3 Å². The van der Waals surface area contributed by atoms with Gasteiger partial charge in [-0.05, 0) is 35.1 Å². The van der Waals surface area contributed by atoms with Gasteiger partial charge in [-0.25, -0.2) is 4.79 Å². The monoisotopic (exact) mass is 367 g/mol. The highest BCUT2D eigenvalue weighted by Gasteiger charge is 2.16. The third kappa shape index (κ3) is 3.74. The van der Waals surface area contributed by atoms with Gasteiger partial charge in [0, 0.05) is 5.39 Å². The molecule has 3 rings (SSSR count). The number of hydrogen-bond donors (Lipinski definition) is 2. The smallest absolute Gasteiger partial charge is 0.409 e. The van der Waals surface area contributed by atoms with E-state index >= 15 is 0 Å². The first kappa shape index (κ1) is 18.4. The molecule has 6 heteroatoms. The number of methoxy groups -OCH3 is 3. The molecule has 0 aromatic heterocycles. The second-order valence-electron chi connectivity index (χ2n) is 5.96. The third-order valence-corrected chi connectivity index (χ3v) is 4.37. The number of benzene rings is 3. The minimum Gasteiger partial charge on any atom is -0.493 e. The maximum Gasteiger partial charge on any atom is 0.409 e. The van der Waals surface area contributed by atoms with E-state index in [9.17, 15) is 9.90 Å². The Labute approximate surface area is 157 Å². The Morgan fingerprint density at radius 2 is 1.63 bits per heavy atom. The van der Waals surface area contributed by atoms with Crippen molar-refractivity contribution >= 4 is 22.6 Å². The number of hydrogen-bond acceptors (Lipinski definition) is 4. The summed E-state index contributed by atoms with van der Waals surface area (Å²) in [7, 11) is 4.68. The zero-order valence-electron chi connectivity index (χ0n) is 15.4. The number of nitrogens with one attached hydrogen (secondary N) is 1. The van der Waals surface area contributed by atoms with E-state index < -0.39 is 6.09 Å². The van der Waals surface area contributed by atoms with Gasteiger partial charge < -0.3 is 19.3 Å². The van der Waals surface area contributed by atoms with E-state index in [0.29, 0.717) is 29.4 Å². The van der Waals surface area contributed by atoms with Crippen LogP contribution in [0.4, 0.5) is 10.5 Å². The molecule has 0 fully saturated rings. The summed E-state index contributed by atoms with van der Waals surface area (Å²) < 4.78 is 16.2. The molecule has 3 aromatic rings. The summed E-state index contributed by atoms with van der Waals surface area (Å²) >= 11 is 0. The lowest BCUT2D eigenvalue weighted by atomic mass is 9.98. The first-order valence-electron chi connectivity index (χ1n) is 8.36. The summed E-state index contributed by atoms with van der Waals surface area (Å²) in [6, 6.07) is 15.3. The molecule has 0 aliphatic heterocycles. The van der Waals surface area contributed by atoms with Gasteiger partial charge in [0.15, 0.2) is 11.5 Å². The average Bonchev–Trinajstić information content (AvgIpc) is 2.68.